The Hall–Kier alpha value is -3.93. The van der Waals surface area contributed by atoms with Gasteiger partial charge in [-0.15, -0.1) is 0 Å². The van der Waals surface area contributed by atoms with Crippen LogP contribution in [0.25, 0.3) is 10.8 Å². The Morgan fingerprint density at radius 2 is 1.57 bits per heavy atom. The Bertz CT molecular complexity index is 1250. The quantitative estimate of drug-likeness (QED) is 0.444. The van der Waals surface area contributed by atoms with Gasteiger partial charge in [0.1, 0.15) is 18.1 Å². The number of carbonyl (C=O) groups is 1. The van der Waals surface area contributed by atoms with Crippen molar-refractivity contribution in [1.29, 1.82) is 0 Å². The van der Waals surface area contributed by atoms with Gasteiger partial charge < -0.3 is 9.47 Å². The molecule has 1 aromatic heterocycles. The average Bonchev–Trinajstić information content (AvgIpc) is 2.79. The van der Waals surface area contributed by atoms with Gasteiger partial charge in [-0.05, 0) is 31.2 Å². The lowest BCUT2D eigenvalue weighted by molar-refractivity contribution is 0.0463. The lowest BCUT2D eigenvalue weighted by Crippen LogP contribution is -2.25. The number of rotatable bonds is 6. The first-order chi connectivity index (χ1) is 14.7. The van der Waals surface area contributed by atoms with Crippen molar-refractivity contribution in [3.05, 3.63) is 100 Å². The second-order valence-electron chi connectivity index (χ2n) is 6.61. The summed E-state index contributed by atoms with van der Waals surface area (Å²) in [5.41, 5.74) is 0.614. The van der Waals surface area contributed by atoms with Crippen molar-refractivity contribution >= 4 is 16.7 Å². The van der Waals surface area contributed by atoms with E-state index in [1.54, 1.807) is 31.2 Å². The number of fused-ring (bicyclic) bond motifs is 1. The van der Waals surface area contributed by atoms with Gasteiger partial charge in [0.05, 0.1) is 5.39 Å². The molecule has 6 heteroatoms. The summed E-state index contributed by atoms with van der Waals surface area (Å²) in [5, 5.41) is 5.14. The van der Waals surface area contributed by atoms with E-state index >= 15 is 0 Å². The molecule has 0 spiro atoms. The molecule has 0 radical (unpaired) electrons. The zero-order chi connectivity index (χ0) is 20.9. The molecule has 6 nitrogen and oxygen atoms in total. The van der Waals surface area contributed by atoms with Crippen LogP contribution in [0.4, 0.5) is 0 Å². The summed E-state index contributed by atoms with van der Waals surface area (Å²) in [4.78, 5) is 25.3. The summed E-state index contributed by atoms with van der Waals surface area (Å²) in [6.45, 7) is 2.18. The molecule has 30 heavy (non-hydrogen) atoms. The number of carbonyl (C=O) groups excluding carboxylic acids is 1. The van der Waals surface area contributed by atoms with Gasteiger partial charge in [-0.2, -0.15) is 5.10 Å². The summed E-state index contributed by atoms with van der Waals surface area (Å²) in [7, 11) is 0. The van der Waals surface area contributed by atoms with Crippen molar-refractivity contribution in [3.8, 4) is 11.5 Å². The van der Waals surface area contributed by atoms with Crippen LogP contribution < -0.4 is 10.3 Å². The number of aromatic nitrogens is 2. The molecule has 0 aliphatic heterocycles. The summed E-state index contributed by atoms with van der Waals surface area (Å²) in [6, 6.07) is 23.7. The monoisotopic (exact) mass is 400 g/mol. The van der Waals surface area contributed by atoms with Crippen molar-refractivity contribution in [2.75, 3.05) is 0 Å². The van der Waals surface area contributed by atoms with Gasteiger partial charge in [0.2, 0.25) is 0 Å². The van der Waals surface area contributed by atoms with Crippen molar-refractivity contribution in [3.63, 3.8) is 0 Å². The lowest BCUT2D eigenvalue weighted by atomic mass is 10.1. The van der Waals surface area contributed by atoms with Crippen LogP contribution in [0.1, 0.15) is 23.0 Å². The molecule has 1 heterocycles. The Morgan fingerprint density at radius 1 is 0.900 bits per heavy atom. The Morgan fingerprint density at radius 3 is 2.33 bits per heavy atom. The van der Waals surface area contributed by atoms with Gasteiger partial charge in [0.25, 0.3) is 5.56 Å². The predicted molar refractivity (Wildman–Crippen MR) is 114 cm³/mol. The first kappa shape index (κ1) is 19.4. The van der Waals surface area contributed by atoms with Crippen LogP contribution in [0.3, 0.4) is 0 Å². The predicted octanol–water partition coefficient (Wildman–Crippen LogP) is 4.57. The largest absolute Gasteiger partial charge is 0.457 e. The third-order valence-corrected chi connectivity index (χ3v) is 4.66. The fourth-order valence-corrected chi connectivity index (χ4v) is 3.15. The van der Waals surface area contributed by atoms with Gasteiger partial charge in [-0.3, -0.25) is 4.79 Å². The maximum Gasteiger partial charge on any atom is 0.359 e. The fraction of sp³-hybridized carbons (Fsp3) is 0.125. The van der Waals surface area contributed by atoms with E-state index in [1.165, 1.54) is 4.68 Å². The van der Waals surface area contributed by atoms with E-state index in [2.05, 4.69) is 5.10 Å². The number of aryl methyl sites for hydroxylation is 1. The first-order valence-electron chi connectivity index (χ1n) is 9.65. The number of hydrogen-bond donors (Lipinski definition) is 0. The molecule has 0 aliphatic rings. The number of nitrogens with zero attached hydrogens (tertiary/aromatic N) is 2. The molecular formula is C24H20N2O4. The summed E-state index contributed by atoms with van der Waals surface area (Å²) in [6.07, 6.45) is 0. The molecule has 0 atom stereocenters. The molecule has 0 unspecified atom stereocenters. The molecule has 150 valence electrons. The molecule has 0 bridgehead atoms. The van der Waals surface area contributed by atoms with Crippen molar-refractivity contribution < 1.29 is 14.3 Å². The van der Waals surface area contributed by atoms with Crippen LogP contribution in [0.5, 0.6) is 11.5 Å². The van der Waals surface area contributed by atoms with Crippen LogP contribution in [-0.4, -0.2) is 15.7 Å². The Kier molecular flexibility index (Phi) is 5.57. The third-order valence-electron chi connectivity index (χ3n) is 4.66. The molecule has 3 aromatic carbocycles. The number of hydrogen-bond acceptors (Lipinski definition) is 5. The van der Waals surface area contributed by atoms with Crippen molar-refractivity contribution in [1.82, 2.24) is 9.78 Å². The second kappa shape index (κ2) is 8.61. The SMILES string of the molecule is CCn1nc(C(=O)OCc2ccccc2Oc2ccccc2)c2ccccc2c1=O. The fourth-order valence-electron chi connectivity index (χ4n) is 3.15. The van der Waals surface area contributed by atoms with Gasteiger partial charge in [0.15, 0.2) is 5.69 Å². The highest BCUT2D eigenvalue weighted by Crippen LogP contribution is 2.26. The minimum absolute atomic E-state index is 0.0170. The summed E-state index contributed by atoms with van der Waals surface area (Å²) in [5.74, 6) is 0.703. The second-order valence-corrected chi connectivity index (χ2v) is 6.61. The number of esters is 1. The van der Waals surface area contributed by atoms with E-state index in [1.807, 2.05) is 54.6 Å². The van der Waals surface area contributed by atoms with E-state index in [0.29, 0.717) is 28.8 Å². The molecule has 0 N–H and O–H groups in total. The van der Waals surface area contributed by atoms with Gasteiger partial charge in [0, 0.05) is 17.5 Å². The molecule has 4 aromatic rings. The van der Waals surface area contributed by atoms with Gasteiger partial charge in [-0.1, -0.05) is 54.6 Å². The molecular weight excluding hydrogens is 380 g/mol. The molecule has 0 aliphatic carbocycles. The number of para-hydroxylation sites is 2. The third kappa shape index (κ3) is 3.93. The van der Waals surface area contributed by atoms with Crippen LogP contribution in [0.2, 0.25) is 0 Å². The van der Waals surface area contributed by atoms with Crippen LogP contribution in [-0.2, 0) is 17.9 Å². The van der Waals surface area contributed by atoms with Crippen molar-refractivity contribution in [2.24, 2.45) is 0 Å². The minimum Gasteiger partial charge on any atom is -0.457 e. The van der Waals surface area contributed by atoms with Crippen LogP contribution in [0, 0.1) is 0 Å². The van der Waals surface area contributed by atoms with E-state index in [9.17, 15) is 9.59 Å². The molecule has 0 saturated carbocycles. The summed E-state index contributed by atoms with van der Waals surface area (Å²) >= 11 is 0. The molecule has 4 rings (SSSR count). The smallest absolute Gasteiger partial charge is 0.359 e. The maximum absolute atomic E-state index is 12.8. The standard InChI is InChI=1S/C24H20N2O4/c1-2-26-23(27)20-14-8-7-13-19(20)22(25-26)24(28)29-16-17-10-6-9-15-21(17)30-18-11-4-3-5-12-18/h3-15H,2,16H2,1H3. The minimum atomic E-state index is -0.595. The van der Waals surface area contributed by atoms with E-state index < -0.39 is 5.97 Å². The summed E-state index contributed by atoms with van der Waals surface area (Å²) < 4.78 is 12.7. The Labute approximate surface area is 173 Å². The van der Waals surface area contributed by atoms with Crippen LogP contribution >= 0.6 is 0 Å². The van der Waals surface area contributed by atoms with E-state index in [0.717, 1.165) is 5.56 Å². The molecule has 0 fully saturated rings. The molecule has 0 saturated heterocycles. The molecule has 0 amide bonds. The van der Waals surface area contributed by atoms with Crippen LogP contribution in [0.15, 0.2) is 83.7 Å². The van der Waals surface area contributed by atoms with E-state index in [4.69, 9.17) is 9.47 Å². The average molecular weight is 400 g/mol. The number of benzene rings is 3. The lowest BCUT2D eigenvalue weighted by Gasteiger charge is -2.12. The van der Waals surface area contributed by atoms with Gasteiger partial charge in [-0.25, -0.2) is 9.48 Å². The topological polar surface area (TPSA) is 70.4 Å². The highest BCUT2D eigenvalue weighted by Gasteiger charge is 2.18. The van der Waals surface area contributed by atoms with Crippen molar-refractivity contribution in [2.45, 2.75) is 20.1 Å². The highest BCUT2D eigenvalue weighted by molar-refractivity contribution is 6.02. The zero-order valence-corrected chi connectivity index (χ0v) is 16.4. The highest BCUT2D eigenvalue weighted by atomic mass is 16.5. The first-order valence-corrected chi connectivity index (χ1v) is 9.65. The van der Waals surface area contributed by atoms with E-state index in [-0.39, 0.29) is 17.9 Å². The Balaban J connectivity index is 1.59. The van der Waals surface area contributed by atoms with Gasteiger partial charge >= 0.3 is 5.97 Å². The maximum atomic E-state index is 12.8. The zero-order valence-electron chi connectivity index (χ0n) is 16.4. The normalized spacial score (nSPS) is 10.7. The number of ether oxygens (including phenoxy) is 2.